The summed E-state index contributed by atoms with van der Waals surface area (Å²) < 4.78 is 87.0. The molecule has 0 aliphatic rings. The van der Waals surface area contributed by atoms with E-state index in [0.29, 0.717) is 0 Å². The second-order valence-corrected chi connectivity index (χ2v) is 6.50. The fourth-order valence-corrected chi connectivity index (χ4v) is 2.36. The van der Waals surface area contributed by atoms with E-state index in [-0.39, 0.29) is 0 Å². The number of alkyl halides is 3. The van der Waals surface area contributed by atoms with Gasteiger partial charge in [-0.2, -0.15) is 22.8 Å². The average Bonchev–Trinajstić information content (AvgIpc) is 2.49. The number of halogens is 6. The molecule has 0 aliphatic heterocycles. The van der Waals surface area contributed by atoms with Crippen LogP contribution in [0.3, 0.4) is 0 Å². The topological polar surface area (TPSA) is 86.4 Å². The fraction of sp³-hybridized carbons (Fsp3) is 0.600. The van der Waals surface area contributed by atoms with Gasteiger partial charge in [0.25, 0.3) is 5.95 Å². The summed E-state index contributed by atoms with van der Waals surface area (Å²) in [7, 11) is 0. The van der Waals surface area contributed by atoms with Crippen molar-refractivity contribution < 1.29 is 41.3 Å². The van der Waals surface area contributed by atoms with Crippen LogP contribution in [0.5, 0.6) is 0 Å². The number of ether oxygens (including phenoxy) is 1. The van der Waals surface area contributed by atoms with Crippen molar-refractivity contribution in [3.63, 3.8) is 0 Å². The third kappa shape index (κ3) is 4.44. The maximum absolute atomic E-state index is 14.3. The zero-order valence-corrected chi connectivity index (χ0v) is 13.9. The molecule has 1 heterocycles. The summed E-state index contributed by atoms with van der Waals surface area (Å²) in [5.41, 5.74) is -4.31. The maximum atomic E-state index is 14.3. The Labute approximate surface area is 144 Å². The van der Waals surface area contributed by atoms with Crippen molar-refractivity contribution in [3.05, 3.63) is 28.8 Å². The number of nitriles is 1. The lowest BCUT2D eigenvalue weighted by molar-refractivity contribution is -0.255. The highest BCUT2D eigenvalue weighted by atomic mass is 19.4. The van der Waals surface area contributed by atoms with Gasteiger partial charge in [-0.25, -0.2) is 13.8 Å². The van der Waals surface area contributed by atoms with Crippen molar-refractivity contribution in [2.24, 2.45) is 11.3 Å². The van der Waals surface area contributed by atoms with Crippen molar-refractivity contribution in [2.45, 2.75) is 39.2 Å². The molecule has 146 valence electrons. The van der Waals surface area contributed by atoms with Crippen LogP contribution in [0.4, 0.5) is 26.3 Å². The molecule has 0 fully saturated rings. The van der Waals surface area contributed by atoms with E-state index < -0.39 is 65.3 Å². The third-order valence-corrected chi connectivity index (χ3v) is 3.65. The van der Waals surface area contributed by atoms with Gasteiger partial charge in [-0.15, -0.1) is 0 Å². The zero-order chi connectivity index (χ0) is 20.4. The molecule has 1 aromatic rings. The van der Waals surface area contributed by atoms with Crippen LogP contribution in [0.25, 0.3) is 0 Å². The first-order chi connectivity index (χ1) is 11.8. The molecule has 2 N–H and O–H groups in total. The summed E-state index contributed by atoms with van der Waals surface area (Å²) >= 11 is 0. The number of hydrogen-bond acceptors (Lipinski definition) is 5. The predicted octanol–water partition coefficient (Wildman–Crippen LogP) is 2.96. The Morgan fingerprint density at radius 1 is 1.15 bits per heavy atom. The van der Waals surface area contributed by atoms with Crippen LogP contribution >= 0.6 is 0 Å². The second kappa shape index (κ2) is 7.77. The molecule has 0 aliphatic carbocycles. The Morgan fingerprint density at radius 3 is 2.08 bits per heavy atom. The quantitative estimate of drug-likeness (QED) is 0.462. The lowest BCUT2D eigenvalue weighted by atomic mass is 9.77. The Hall–Kier alpha value is -1.90. The Morgan fingerprint density at radius 2 is 1.69 bits per heavy atom. The molecule has 3 atom stereocenters. The molecule has 5 nitrogen and oxygen atoms in total. The molecule has 26 heavy (non-hydrogen) atoms. The molecular weight excluding hydrogens is 370 g/mol. The van der Waals surface area contributed by atoms with E-state index in [0.717, 1.165) is 6.07 Å². The van der Waals surface area contributed by atoms with Crippen molar-refractivity contribution >= 4 is 0 Å². The molecule has 0 bridgehead atoms. The highest BCUT2D eigenvalue weighted by Crippen LogP contribution is 2.46. The minimum absolute atomic E-state index is 1.08. The van der Waals surface area contributed by atoms with Gasteiger partial charge in [0.2, 0.25) is 0 Å². The standard InChI is InChI=1S/C15H16F6N2O3/c1-14(2,3)12(25)8(15(19,20)21)11(26-5-24)7-9(16)6(4-22)23-13(18)10(7)17/h8,11-12,24-25H,5H2,1-3H3. The Kier molecular flexibility index (Phi) is 6.62. The number of pyridine rings is 1. The number of rotatable bonds is 5. The van der Waals surface area contributed by atoms with E-state index in [1.165, 1.54) is 20.8 Å². The number of aliphatic hydroxyl groups is 2. The summed E-state index contributed by atoms with van der Waals surface area (Å²) in [6.07, 6.45) is -10.2. The minimum Gasteiger partial charge on any atom is -0.392 e. The summed E-state index contributed by atoms with van der Waals surface area (Å²) in [5, 5.41) is 27.7. The highest BCUT2D eigenvalue weighted by Gasteiger charge is 2.54. The lowest BCUT2D eigenvalue weighted by Gasteiger charge is -2.38. The number of aromatic nitrogens is 1. The largest absolute Gasteiger partial charge is 0.397 e. The molecule has 11 heteroatoms. The molecule has 1 aromatic heterocycles. The van der Waals surface area contributed by atoms with Crippen LogP contribution in [0.1, 0.15) is 38.1 Å². The molecule has 0 spiro atoms. The molecule has 0 radical (unpaired) electrons. The smallest absolute Gasteiger partial charge is 0.392 e. The van der Waals surface area contributed by atoms with Crippen LogP contribution in [-0.2, 0) is 4.74 Å². The van der Waals surface area contributed by atoms with Gasteiger partial charge in [0.15, 0.2) is 17.3 Å². The van der Waals surface area contributed by atoms with Gasteiger partial charge in [0, 0.05) is 0 Å². The maximum Gasteiger partial charge on any atom is 0.397 e. The van der Waals surface area contributed by atoms with Gasteiger partial charge in [0.1, 0.15) is 24.9 Å². The first kappa shape index (κ1) is 22.1. The van der Waals surface area contributed by atoms with Crippen LogP contribution < -0.4 is 0 Å². The van der Waals surface area contributed by atoms with Gasteiger partial charge in [-0.1, -0.05) is 20.8 Å². The monoisotopic (exact) mass is 386 g/mol. The van der Waals surface area contributed by atoms with Gasteiger partial charge in [-0.3, -0.25) is 0 Å². The summed E-state index contributed by atoms with van der Waals surface area (Å²) in [6, 6.07) is 1.08. The molecule has 1 rings (SSSR count). The predicted molar refractivity (Wildman–Crippen MR) is 74.7 cm³/mol. The van der Waals surface area contributed by atoms with E-state index in [1.54, 1.807) is 0 Å². The molecule has 0 saturated carbocycles. The Bertz CT molecular complexity index is 697. The van der Waals surface area contributed by atoms with Crippen molar-refractivity contribution in [2.75, 3.05) is 6.79 Å². The lowest BCUT2D eigenvalue weighted by Crippen LogP contribution is -2.46. The first-order valence-electron chi connectivity index (χ1n) is 7.19. The second-order valence-electron chi connectivity index (χ2n) is 6.50. The number of nitrogens with zero attached hydrogens (tertiary/aromatic N) is 2. The van der Waals surface area contributed by atoms with E-state index >= 15 is 0 Å². The van der Waals surface area contributed by atoms with Gasteiger partial charge in [0.05, 0.1) is 11.7 Å². The normalized spacial score (nSPS) is 16.1. The molecule has 0 saturated heterocycles. The summed E-state index contributed by atoms with van der Waals surface area (Å²) in [4.78, 5) is 2.67. The SMILES string of the molecule is CC(C)(C)C(O)C(C(OCO)c1c(F)c(F)nc(C#N)c1F)C(F)(F)F. The van der Waals surface area contributed by atoms with Crippen LogP contribution in [0, 0.1) is 40.2 Å². The Balaban J connectivity index is 3.75. The third-order valence-electron chi connectivity index (χ3n) is 3.65. The van der Waals surface area contributed by atoms with E-state index in [4.69, 9.17) is 10.4 Å². The van der Waals surface area contributed by atoms with Gasteiger partial charge < -0.3 is 14.9 Å². The molecule has 3 unspecified atom stereocenters. The van der Waals surface area contributed by atoms with E-state index in [1.807, 2.05) is 0 Å². The van der Waals surface area contributed by atoms with Crippen molar-refractivity contribution in [1.82, 2.24) is 4.98 Å². The average molecular weight is 386 g/mol. The highest BCUT2D eigenvalue weighted by molar-refractivity contribution is 5.32. The van der Waals surface area contributed by atoms with E-state index in [9.17, 15) is 31.4 Å². The van der Waals surface area contributed by atoms with Gasteiger partial charge >= 0.3 is 6.18 Å². The van der Waals surface area contributed by atoms with Crippen LogP contribution in [-0.4, -0.2) is 34.3 Å². The van der Waals surface area contributed by atoms with Crippen molar-refractivity contribution in [1.29, 1.82) is 5.26 Å². The first-order valence-corrected chi connectivity index (χ1v) is 7.19. The molecule has 0 amide bonds. The minimum atomic E-state index is -5.25. The van der Waals surface area contributed by atoms with E-state index in [2.05, 4.69) is 9.72 Å². The number of hydrogen-bond donors (Lipinski definition) is 2. The van der Waals surface area contributed by atoms with Gasteiger partial charge in [-0.05, 0) is 5.41 Å². The number of aliphatic hydroxyl groups excluding tert-OH is 2. The van der Waals surface area contributed by atoms with Crippen molar-refractivity contribution in [3.8, 4) is 6.07 Å². The van der Waals surface area contributed by atoms with Crippen LogP contribution in [0.2, 0.25) is 0 Å². The summed E-state index contributed by atoms with van der Waals surface area (Å²) in [5.74, 6) is -8.95. The zero-order valence-electron chi connectivity index (χ0n) is 13.9. The fourth-order valence-electron chi connectivity index (χ4n) is 2.36. The summed E-state index contributed by atoms with van der Waals surface area (Å²) in [6.45, 7) is 2.27. The molecular formula is C15H16F6N2O3. The van der Waals surface area contributed by atoms with Crippen LogP contribution in [0.15, 0.2) is 0 Å². The molecule has 0 aromatic carbocycles.